The maximum Gasteiger partial charge on any atom is 0.291 e. The molecule has 0 aliphatic carbocycles. The number of ether oxygens (including phenoxy) is 1. The fraction of sp³-hybridized carbons (Fsp3) is 0.304. The molecule has 2 amide bonds. The van der Waals surface area contributed by atoms with Crippen LogP contribution in [-0.4, -0.2) is 36.9 Å². The Bertz CT molecular complexity index is 1020. The van der Waals surface area contributed by atoms with Gasteiger partial charge in [-0.3, -0.25) is 9.59 Å². The van der Waals surface area contributed by atoms with Gasteiger partial charge in [-0.1, -0.05) is 25.0 Å². The van der Waals surface area contributed by atoms with Gasteiger partial charge in [0.2, 0.25) is 5.76 Å². The topological polar surface area (TPSA) is 71.8 Å². The Hall–Kier alpha value is -3.28. The van der Waals surface area contributed by atoms with Crippen LogP contribution in [0.15, 0.2) is 52.9 Å². The molecule has 29 heavy (non-hydrogen) atoms. The van der Waals surface area contributed by atoms with Crippen LogP contribution in [0.2, 0.25) is 0 Å². The number of hydrogen-bond acceptors (Lipinski definition) is 4. The van der Waals surface area contributed by atoms with E-state index in [0.717, 1.165) is 25.7 Å². The number of furan rings is 1. The second-order valence-corrected chi connectivity index (χ2v) is 7.19. The standard InChI is InChI=1S/C23H24N2O4/c1-28-17-12-10-16(11-13-17)22(26)24-20-18-8-4-5-9-19(18)29-21(20)23(27)25-14-6-2-3-7-15-25/h4-5,8-13H,2-3,6-7,14-15H2,1H3,(H,24,26). The van der Waals surface area contributed by atoms with Gasteiger partial charge in [-0.25, -0.2) is 0 Å². The van der Waals surface area contributed by atoms with Crippen LogP contribution < -0.4 is 10.1 Å². The van der Waals surface area contributed by atoms with E-state index in [-0.39, 0.29) is 17.6 Å². The van der Waals surface area contributed by atoms with Crippen molar-refractivity contribution in [2.24, 2.45) is 0 Å². The lowest BCUT2D eigenvalue weighted by atomic mass is 10.1. The van der Waals surface area contributed by atoms with E-state index in [1.807, 2.05) is 23.1 Å². The zero-order chi connectivity index (χ0) is 20.2. The third-order valence-corrected chi connectivity index (χ3v) is 5.27. The first-order valence-electron chi connectivity index (χ1n) is 9.93. The molecule has 2 aromatic carbocycles. The van der Waals surface area contributed by atoms with Crippen LogP contribution in [0, 0.1) is 0 Å². The van der Waals surface area contributed by atoms with Gasteiger partial charge in [-0.2, -0.15) is 0 Å². The van der Waals surface area contributed by atoms with E-state index in [0.29, 0.717) is 41.1 Å². The maximum atomic E-state index is 13.2. The lowest BCUT2D eigenvalue weighted by Crippen LogP contribution is -2.32. The van der Waals surface area contributed by atoms with Crippen LogP contribution >= 0.6 is 0 Å². The predicted octanol–water partition coefficient (Wildman–Crippen LogP) is 4.71. The first-order chi connectivity index (χ1) is 14.2. The molecule has 6 heteroatoms. The number of fused-ring (bicyclic) bond motifs is 1. The van der Waals surface area contributed by atoms with Crippen molar-refractivity contribution >= 4 is 28.5 Å². The molecule has 4 rings (SSSR count). The van der Waals surface area contributed by atoms with E-state index in [2.05, 4.69) is 5.32 Å². The smallest absolute Gasteiger partial charge is 0.291 e. The van der Waals surface area contributed by atoms with E-state index in [9.17, 15) is 9.59 Å². The summed E-state index contributed by atoms with van der Waals surface area (Å²) in [7, 11) is 1.58. The van der Waals surface area contributed by atoms with Gasteiger partial charge in [0, 0.05) is 24.0 Å². The van der Waals surface area contributed by atoms with Crippen molar-refractivity contribution in [2.45, 2.75) is 25.7 Å². The third-order valence-electron chi connectivity index (χ3n) is 5.27. The average molecular weight is 392 g/mol. The van der Waals surface area contributed by atoms with Crippen molar-refractivity contribution in [3.63, 3.8) is 0 Å². The normalized spacial score (nSPS) is 14.4. The summed E-state index contributed by atoms with van der Waals surface area (Å²) >= 11 is 0. The van der Waals surface area contributed by atoms with Gasteiger partial charge >= 0.3 is 0 Å². The summed E-state index contributed by atoms with van der Waals surface area (Å²) < 4.78 is 11.0. The molecule has 1 fully saturated rings. The number of carbonyl (C=O) groups excluding carboxylic acids is 2. The van der Waals surface area contributed by atoms with Crippen molar-refractivity contribution in [1.29, 1.82) is 0 Å². The van der Waals surface area contributed by atoms with Gasteiger partial charge < -0.3 is 19.4 Å². The van der Waals surface area contributed by atoms with Crippen molar-refractivity contribution < 1.29 is 18.7 Å². The first-order valence-corrected chi connectivity index (χ1v) is 9.93. The highest BCUT2D eigenvalue weighted by molar-refractivity contribution is 6.14. The van der Waals surface area contributed by atoms with Crippen LogP contribution in [0.5, 0.6) is 5.75 Å². The molecule has 1 saturated heterocycles. The SMILES string of the molecule is COc1ccc(C(=O)Nc2c(C(=O)N3CCCCCC3)oc3ccccc23)cc1. The van der Waals surface area contributed by atoms with E-state index >= 15 is 0 Å². The molecule has 0 radical (unpaired) electrons. The maximum absolute atomic E-state index is 13.2. The number of rotatable bonds is 4. The molecule has 150 valence electrons. The second kappa shape index (κ2) is 8.39. The highest BCUT2D eigenvalue weighted by atomic mass is 16.5. The lowest BCUT2D eigenvalue weighted by Gasteiger charge is -2.19. The molecule has 1 aromatic heterocycles. The Morgan fingerprint density at radius 1 is 0.966 bits per heavy atom. The average Bonchev–Trinajstić information content (AvgIpc) is 2.93. The van der Waals surface area contributed by atoms with E-state index in [1.54, 1.807) is 37.4 Å². The molecule has 3 aromatic rings. The summed E-state index contributed by atoms with van der Waals surface area (Å²) in [6, 6.07) is 14.2. The van der Waals surface area contributed by atoms with Gasteiger partial charge in [-0.05, 0) is 49.2 Å². The number of nitrogens with zero attached hydrogens (tertiary/aromatic N) is 1. The van der Waals surface area contributed by atoms with Crippen LogP contribution in [0.1, 0.15) is 46.6 Å². The van der Waals surface area contributed by atoms with Crippen molar-refractivity contribution in [3.8, 4) is 5.75 Å². The van der Waals surface area contributed by atoms with Crippen LogP contribution in [0.25, 0.3) is 11.0 Å². The Balaban J connectivity index is 1.67. The monoisotopic (exact) mass is 392 g/mol. The number of nitrogens with one attached hydrogen (secondary N) is 1. The minimum Gasteiger partial charge on any atom is -0.497 e. The molecule has 0 bridgehead atoms. The van der Waals surface area contributed by atoms with Crippen LogP contribution in [-0.2, 0) is 0 Å². The fourth-order valence-corrected chi connectivity index (χ4v) is 3.67. The molecule has 0 saturated carbocycles. The van der Waals surface area contributed by atoms with Gasteiger partial charge in [0.15, 0.2) is 0 Å². The molecule has 0 atom stereocenters. The minimum atomic E-state index is -0.302. The number of anilines is 1. The summed E-state index contributed by atoms with van der Waals surface area (Å²) in [5.74, 6) is 0.388. The number of para-hydroxylation sites is 1. The zero-order valence-electron chi connectivity index (χ0n) is 16.4. The first kappa shape index (κ1) is 19.1. The Morgan fingerprint density at radius 2 is 1.66 bits per heavy atom. The van der Waals surface area contributed by atoms with Gasteiger partial charge in [0.05, 0.1) is 7.11 Å². The number of carbonyl (C=O) groups is 2. The largest absolute Gasteiger partial charge is 0.497 e. The number of hydrogen-bond donors (Lipinski definition) is 1. The number of amides is 2. The zero-order valence-corrected chi connectivity index (χ0v) is 16.4. The fourth-order valence-electron chi connectivity index (χ4n) is 3.67. The molecule has 1 aliphatic heterocycles. The van der Waals surface area contributed by atoms with Gasteiger partial charge in [0.25, 0.3) is 11.8 Å². The molecule has 2 heterocycles. The molecule has 1 aliphatic rings. The summed E-state index contributed by atoms with van der Waals surface area (Å²) in [4.78, 5) is 27.9. The Morgan fingerprint density at radius 3 is 2.34 bits per heavy atom. The number of likely N-dealkylation sites (tertiary alicyclic amines) is 1. The highest BCUT2D eigenvalue weighted by Crippen LogP contribution is 2.32. The van der Waals surface area contributed by atoms with Crippen molar-refractivity contribution in [3.05, 3.63) is 59.9 Å². The van der Waals surface area contributed by atoms with Crippen molar-refractivity contribution in [1.82, 2.24) is 4.90 Å². The number of benzene rings is 2. The lowest BCUT2D eigenvalue weighted by molar-refractivity contribution is 0.0733. The summed E-state index contributed by atoms with van der Waals surface area (Å²) in [6.45, 7) is 1.42. The van der Waals surface area contributed by atoms with Crippen LogP contribution in [0.4, 0.5) is 5.69 Å². The van der Waals surface area contributed by atoms with Crippen LogP contribution in [0.3, 0.4) is 0 Å². The molecule has 1 N–H and O–H groups in total. The molecule has 0 unspecified atom stereocenters. The van der Waals surface area contributed by atoms with E-state index < -0.39 is 0 Å². The molecule has 6 nitrogen and oxygen atoms in total. The summed E-state index contributed by atoms with van der Waals surface area (Å²) in [5.41, 5.74) is 1.48. The van der Waals surface area contributed by atoms with Crippen molar-refractivity contribution in [2.75, 3.05) is 25.5 Å². The molecule has 0 spiro atoms. The molecular formula is C23H24N2O4. The van der Waals surface area contributed by atoms with E-state index in [4.69, 9.17) is 9.15 Å². The Kier molecular flexibility index (Phi) is 5.51. The highest BCUT2D eigenvalue weighted by Gasteiger charge is 2.27. The predicted molar refractivity (Wildman–Crippen MR) is 112 cm³/mol. The van der Waals surface area contributed by atoms with E-state index in [1.165, 1.54) is 0 Å². The summed E-state index contributed by atoms with van der Waals surface area (Å²) in [5, 5.41) is 3.62. The second-order valence-electron chi connectivity index (χ2n) is 7.19. The number of methoxy groups -OCH3 is 1. The molecular weight excluding hydrogens is 368 g/mol. The third kappa shape index (κ3) is 3.97. The minimum absolute atomic E-state index is 0.173. The Labute approximate surface area is 169 Å². The van der Waals surface area contributed by atoms with Gasteiger partial charge in [-0.15, -0.1) is 0 Å². The van der Waals surface area contributed by atoms with Gasteiger partial charge in [0.1, 0.15) is 17.0 Å². The summed E-state index contributed by atoms with van der Waals surface area (Å²) in [6.07, 6.45) is 4.23. The quantitative estimate of drug-likeness (QED) is 0.698.